The minimum Gasteiger partial charge on any atom is -0.461 e. The van der Waals surface area contributed by atoms with Gasteiger partial charge in [0.1, 0.15) is 11.9 Å². The van der Waals surface area contributed by atoms with Crippen LogP contribution in [-0.2, 0) is 14.3 Å². The number of esters is 1. The molecule has 1 aromatic rings. The molecule has 0 aliphatic heterocycles. The predicted molar refractivity (Wildman–Crippen MR) is 186 cm³/mol. The quantitative estimate of drug-likeness (QED) is 0.0979. The molecule has 0 radical (unpaired) electrons. The number of amides is 1. The molecule has 8 atom stereocenters. The third-order valence-corrected chi connectivity index (χ3v) is 12.9. The van der Waals surface area contributed by atoms with Crippen LogP contribution in [0.1, 0.15) is 102 Å². The Labute approximate surface area is 285 Å². The molecule has 1 amide bonds. The number of aliphatic hydroxyl groups is 1. The number of ether oxygens (including phenoxy) is 1. The Morgan fingerprint density at radius 3 is 2.51 bits per heavy atom. The number of rotatable bonds is 16. The standard InChI is InChI=1S/C36H59N5O5S/c1-24-12-14-36-15-13-27(42)31(36)35(24,4)28(20-34(3,32(44)25(36)2)23-39-18-8-6-5-7-16-37)46-30(43)22-47-29-11-10-26(21-41-29)33(45)40-19-9-17-38/h10-11,21,24-25,28,31-32,39,44H,5-9,12-20,22-23,37-38H2,1-4H3,(H,40,45)/t24-,25+,28-,31+,32+,34-,35+,36+/m1/s1. The first-order valence-corrected chi connectivity index (χ1v) is 18.8. The number of carbonyl (C=O) groups excluding carboxylic acids is 3. The van der Waals surface area contributed by atoms with Gasteiger partial charge in [-0.05, 0) is 94.0 Å². The maximum atomic E-state index is 13.8. The highest BCUT2D eigenvalue weighted by Gasteiger charge is 2.68. The van der Waals surface area contributed by atoms with Crippen molar-refractivity contribution in [3.8, 4) is 0 Å². The van der Waals surface area contributed by atoms with E-state index in [0.717, 1.165) is 51.5 Å². The van der Waals surface area contributed by atoms with Crippen LogP contribution in [0.2, 0.25) is 0 Å². The van der Waals surface area contributed by atoms with E-state index in [1.165, 1.54) is 18.0 Å². The fraction of sp³-hybridized carbons (Fsp3) is 0.778. The summed E-state index contributed by atoms with van der Waals surface area (Å²) in [4.78, 5) is 44.1. The van der Waals surface area contributed by atoms with Crippen LogP contribution in [0.25, 0.3) is 0 Å². The van der Waals surface area contributed by atoms with Crippen molar-refractivity contribution in [1.29, 1.82) is 0 Å². The molecule has 10 nitrogen and oxygen atoms in total. The number of hydrogen-bond acceptors (Lipinski definition) is 10. The van der Waals surface area contributed by atoms with Gasteiger partial charge in [0.05, 0.1) is 22.4 Å². The maximum Gasteiger partial charge on any atom is 0.316 e. The summed E-state index contributed by atoms with van der Waals surface area (Å²) in [7, 11) is 0. The molecule has 264 valence electrons. The van der Waals surface area contributed by atoms with Gasteiger partial charge in [-0.2, -0.15) is 0 Å². The summed E-state index contributed by atoms with van der Waals surface area (Å²) in [5.74, 6) is -0.385. The molecule has 11 heteroatoms. The molecule has 0 unspecified atom stereocenters. The second-order valence-corrected chi connectivity index (χ2v) is 16.0. The van der Waals surface area contributed by atoms with Crippen LogP contribution in [0.4, 0.5) is 0 Å². The van der Waals surface area contributed by atoms with Gasteiger partial charge in [-0.25, -0.2) is 4.98 Å². The van der Waals surface area contributed by atoms with E-state index in [1.807, 2.05) is 0 Å². The minimum absolute atomic E-state index is 0.0499. The van der Waals surface area contributed by atoms with Crippen molar-refractivity contribution < 1.29 is 24.2 Å². The highest BCUT2D eigenvalue weighted by atomic mass is 32.2. The molecule has 3 aliphatic carbocycles. The fourth-order valence-corrected chi connectivity index (χ4v) is 9.61. The van der Waals surface area contributed by atoms with Crippen molar-refractivity contribution >= 4 is 29.4 Å². The van der Waals surface area contributed by atoms with Gasteiger partial charge < -0.3 is 31.9 Å². The fourth-order valence-electron chi connectivity index (χ4n) is 8.98. The van der Waals surface area contributed by atoms with E-state index < -0.39 is 23.0 Å². The largest absolute Gasteiger partial charge is 0.461 e. The first-order valence-electron chi connectivity index (χ1n) is 17.8. The minimum atomic E-state index is -0.649. The zero-order valence-corrected chi connectivity index (χ0v) is 29.8. The molecule has 3 aliphatic rings. The van der Waals surface area contributed by atoms with E-state index in [1.54, 1.807) is 12.1 Å². The molecule has 4 rings (SSSR count). The van der Waals surface area contributed by atoms with Crippen LogP contribution in [0.5, 0.6) is 0 Å². The van der Waals surface area contributed by atoms with Gasteiger partial charge in [0.2, 0.25) is 0 Å². The Balaban J connectivity index is 1.51. The number of thioether (sulfide) groups is 1. The van der Waals surface area contributed by atoms with Crippen LogP contribution in [0, 0.1) is 34.0 Å². The highest BCUT2D eigenvalue weighted by Crippen LogP contribution is 2.67. The van der Waals surface area contributed by atoms with Gasteiger partial charge in [-0.3, -0.25) is 14.4 Å². The van der Waals surface area contributed by atoms with Crippen LogP contribution in [0.15, 0.2) is 23.4 Å². The SMILES string of the molecule is C[C@@H]1CC[C@@]23CCC(=O)[C@H]2[C@]1(C)[C@H](OC(=O)CSc1ccc(C(=O)NCCCN)cn1)C[C@](C)(CNCCCCCCN)[C@@H](O)[C@@H]3C. The molecule has 1 aromatic heterocycles. The van der Waals surface area contributed by atoms with Crippen LogP contribution in [0.3, 0.4) is 0 Å². The molecule has 0 saturated heterocycles. The van der Waals surface area contributed by atoms with Gasteiger partial charge in [0.25, 0.3) is 5.91 Å². The van der Waals surface area contributed by atoms with Gasteiger partial charge >= 0.3 is 5.97 Å². The first-order chi connectivity index (χ1) is 22.4. The zero-order chi connectivity index (χ0) is 34.2. The summed E-state index contributed by atoms with van der Waals surface area (Å²) in [5, 5.41) is 19.2. The number of carbonyl (C=O) groups is 3. The molecular formula is C36H59N5O5S. The van der Waals surface area contributed by atoms with E-state index in [2.05, 4.69) is 43.3 Å². The smallest absolute Gasteiger partial charge is 0.316 e. The van der Waals surface area contributed by atoms with Crippen molar-refractivity contribution in [2.75, 3.05) is 38.5 Å². The van der Waals surface area contributed by atoms with Gasteiger partial charge in [-0.1, -0.05) is 52.3 Å². The summed E-state index contributed by atoms with van der Waals surface area (Å²) >= 11 is 1.27. The van der Waals surface area contributed by atoms with Gasteiger partial charge in [0, 0.05) is 42.5 Å². The molecular weight excluding hydrogens is 614 g/mol. The normalized spacial score (nSPS) is 33.5. The number of Topliss-reactive ketones (excluding diaryl/α,β-unsaturated/α-hetero) is 1. The van der Waals surface area contributed by atoms with Crippen molar-refractivity contribution in [3.05, 3.63) is 23.9 Å². The average Bonchev–Trinajstić information content (AvgIpc) is 3.42. The second kappa shape index (κ2) is 16.6. The number of nitrogens with zero attached hydrogens (tertiary/aromatic N) is 1. The molecule has 1 heterocycles. The van der Waals surface area contributed by atoms with Crippen LogP contribution < -0.4 is 22.1 Å². The monoisotopic (exact) mass is 673 g/mol. The maximum absolute atomic E-state index is 13.8. The topological polar surface area (TPSA) is 170 Å². The van der Waals surface area contributed by atoms with Crippen molar-refractivity contribution in [1.82, 2.24) is 15.6 Å². The van der Waals surface area contributed by atoms with Crippen molar-refractivity contribution in [3.63, 3.8) is 0 Å². The number of pyridine rings is 1. The summed E-state index contributed by atoms with van der Waals surface area (Å²) in [5.41, 5.74) is 10.2. The number of hydrogen-bond donors (Lipinski definition) is 5. The third-order valence-electron chi connectivity index (χ3n) is 12.0. The molecule has 47 heavy (non-hydrogen) atoms. The van der Waals surface area contributed by atoms with E-state index in [0.29, 0.717) is 56.0 Å². The number of unbranched alkanes of at least 4 members (excludes halogenated alkanes) is 3. The molecule has 3 saturated carbocycles. The summed E-state index contributed by atoms with van der Waals surface area (Å²) in [6.07, 6.45) is 8.96. The Bertz CT molecular complexity index is 1220. The number of nitrogens with two attached hydrogens (primary N) is 2. The molecule has 7 N–H and O–H groups in total. The van der Waals surface area contributed by atoms with Gasteiger partial charge in [-0.15, -0.1) is 0 Å². The molecule has 3 fully saturated rings. The average molecular weight is 674 g/mol. The van der Waals surface area contributed by atoms with E-state index in [-0.39, 0.29) is 46.6 Å². The van der Waals surface area contributed by atoms with Crippen LogP contribution in [-0.4, -0.2) is 78.4 Å². The van der Waals surface area contributed by atoms with Crippen molar-refractivity contribution in [2.24, 2.45) is 45.5 Å². The third kappa shape index (κ3) is 8.23. The Morgan fingerprint density at radius 2 is 1.81 bits per heavy atom. The summed E-state index contributed by atoms with van der Waals surface area (Å²) in [6, 6.07) is 3.43. The highest BCUT2D eigenvalue weighted by molar-refractivity contribution is 7.99. The Morgan fingerprint density at radius 1 is 1.06 bits per heavy atom. The van der Waals surface area contributed by atoms with Crippen molar-refractivity contribution in [2.45, 2.75) is 109 Å². The predicted octanol–water partition coefficient (Wildman–Crippen LogP) is 4.08. The number of aliphatic hydroxyl groups excluding tert-OH is 1. The lowest BCUT2D eigenvalue weighted by Gasteiger charge is -2.62. The number of aromatic nitrogens is 1. The molecule has 0 aromatic carbocycles. The lowest BCUT2D eigenvalue weighted by Crippen LogP contribution is -2.64. The Kier molecular flexibility index (Phi) is 13.3. The van der Waals surface area contributed by atoms with E-state index >= 15 is 0 Å². The number of ketones is 1. The van der Waals surface area contributed by atoms with E-state index in [4.69, 9.17) is 16.2 Å². The number of nitrogens with one attached hydrogen (secondary N) is 2. The van der Waals surface area contributed by atoms with E-state index in [9.17, 15) is 19.5 Å². The van der Waals surface area contributed by atoms with Crippen LogP contribution >= 0.6 is 11.8 Å². The Hall–Kier alpha value is -2.05. The summed E-state index contributed by atoms with van der Waals surface area (Å²) in [6.45, 7) is 11.9. The molecule has 2 bridgehead atoms. The zero-order valence-electron chi connectivity index (χ0n) is 29.0. The lowest BCUT2D eigenvalue weighted by atomic mass is 9.44. The lowest BCUT2D eigenvalue weighted by molar-refractivity contribution is -0.210. The molecule has 0 spiro atoms. The van der Waals surface area contributed by atoms with Gasteiger partial charge in [0.15, 0.2) is 0 Å². The second-order valence-electron chi connectivity index (χ2n) is 15.0. The first kappa shape index (κ1) is 37.8. The summed E-state index contributed by atoms with van der Waals surface area (Å²) < 4.78 is 6.46.